The summed E-state index contributed by atoms with van der Waals surface area (Å²) in [5, 5.41) is 6.56. The van der Waals surface area contributed by atoms with Crippen LogP contribution in [0.3, 0.4) is 0 Å². The van der Waals surface area contributed by atoms with E-state index in [0.717, 1.165) is 11.1 Å². The van der Waals surface area contributed by atoms with E-state index in [4.69, 9.17) is 0 Å². The van der Waals surface area contributed by atoms with E-state index < -0.39 is 15.9 Å². The first-order valence-corrected chi connectivity index (χ1v) is 10.5. The average Bonchev–Trinajstić information content (AvgIpc) is 3.19. The van der Waals surface area contributed by atoms with E-state index in [-0.39, 0.29) is 18.0 Å². The fourth-order valence-electron chi connectivity index (χ4n) is 2.41. The van der Waals surface area contributed by atoms with Crippen molar-refractivity contribution >= 4 is 27.3 Å². The first-order chi connectivity index (χ1) is 13.0. The van der Waals surface area contributed by atoms with Crippen molar-refractivity contribution in [3.05, 3.63) is 64.7 Å². The Bertz CT molecular complexity index is 1030. The van der Waals surface area contributed by atoms with Crippen molar-refractivity contribution in [1.82, 2.24) is 20.0 Å². The number of hydrogen-bond donors (Lipinski definition) is 2. The summed E-state index contributed by atoms with van der Waals surface area (Å²) in [7, 11) is -3.74. The molecule has 0 atom stereocenters. The van der Waals surface area contributed by atoms with Gasteiger partial charge in [-0.3, -0.25) is 14.8 Å². The minimum absolute atomic E-state index is 0.129. The lowest BCUT2D eigenvalue weighted by Crippen LogP contribution is -2.36. The normalized spacial score (nSPS) is 11.3. The van der Waals surface area contributed by atoms with E-state index in [0.29, 0.717) is 11.4 Å². The van der Waals surface area contributed by atoms with Crippen molar-refractivity contribution in [2.45, 2.75) is 18.4 Å². The number of rotatable bonds is 7. The second kappa shape index (κ2) is 8.38. The Hall–Kier alpha value is -2.62. The lowest BCUT2D eigenvalue weighted by Gasteiger charge is -2.09. The van der Waals surface area contributed by atoms with Gasteiger partial charge in [-0.25, -0.2) is 13.1 Å². The highest BCUT2D eigenvalue weighted by Gasteiger charge is 2.16. The Labute approximate surface area is 161 Å². The van der Waals surface area contributed by atoms with E-state index in [9.17, 15) is 13.2 Å². The predicted molar refractivity (Wildman–Crippen MR) is 104 cm³/mol. The van der Waals surface area contributed by atoms with Crippen LogP contribution in [-0.4, -0.2) is 30.8 Å². The first-order valence-electron chi connectivity index (χ1n) is 8.11. The van der Waals surface area contributed by atoms with Crippen LogP contribution in [0.5, 0.6) is 0 Å². The smallest absolute Gasteiger partial charge is 0.241 e. The molecule has 3 rings (SSSR count). The molecule has 2 aromatic heterocycles. The monoisotopic (exact) mass is 402 g/mol. The van der Waals surface area contributed by atoms with Crippen molar-refractivity contribution in [1.29, 1.82) is 0 Å². The second-order valence-corrected chi connectivity index (χ2v) is 8.33. The number of hydrogen-bond acceptors (Lipinski definition) is 6. The lowest BCUT2D eigenvalue weighted by atomic mass is 10.2. The summed E-state index contributed by atoms with van der Waals surface area (Å²) < 4.78 is 26.8. The van der Waals surface area contributed by atoms with Crippen LogP contribution < -0.4 is 10.0 Å². The third-order valence-corrected chi connectivity index (χ3v) is 5.83. The topological polar surface area (TPSA) is 101 Å². The molecule has 0 saturated carbocycles. The summed E-state index contributed by atoms with van der Waals surface area (Å²) in [5.41, 5.74) is 3.06. The summed E-state index contributed by atoms with van der Waals surface area (Å²) in [6, 6.07) is 8.42. The summed E-state index contributed by atoms with van der Waals surface area (Å²) >= 11 is 1.55. The molecular weight excluding hydrogens is 384 g/mol. The fraction of sp³-hybridized carbons (Fsp3) is 0.167. The van der Waals surface area contributed by atoms with Gasteiger partial charge in [0.25, 0.3) is 0 Å². The summed E-state index contributed by atoms with van der Waals surface area (Å²) in [4.78, 5) is 20.8. The number of nitrogens with zero attached hydrogens (tertiary/aromatic N) is 2. The average molecular weight is 403 g/mol. The van der Waals surface area contributed by atoms with Gasteiger partial charge in [0.1, 0.15) is 0 Å². The van der Waals surface area contributed by atoms with Crippen molar-refractivity contribution < 1.29 is 13.2 Å². The van der Waals surface area contributed by atoms with Crippen LogP contribution in [0.15, 0.2) is 58.4 Å². The number of nitrogens with one attached hydrogen (secondary N) is 2. The third-order valence-electron chi connectivity index (χ3n) is 3.74. The summed E-state index contributed by atoms with van der Waals surface area (Å²) in [6.07, 6.45) is 3.14. The van der Waals surface area contributed by atoms with E-state index in [1.165, 1.54) is 6.07 Å². The number of amides is 1. The van der Waals surface area contributed by atoms with Gasteiger partial charge in [-0.05, 0) is 36.1 Å². The van der Waals surface area contributed by atoms with Gasteiger partial charge in [0.05, 0.1) is 29.4 Å². The van der Waals surface area contributed by atoms with Crippen LogP contribution in [0.1, 0.15) is 11.3 Å². The maximum atomic E-state index is 12.3. The standard InChI is InChI=1S/C18H18N4O3S2/c1-13-3-2-4-15(9-13)27(24,25)22-11-17(23)21-10-16-18(20-7-6-19-16)14-5-8-26-12-14/h2-9,12,22H,10-11H2,1H3,(H,21,23). The van der Waals surface area contributed by atoms with Crippen molar-refractivity contribution in [3.63, 3.8) is 0 Å². The molecule has 140 valence electrons. The van der Waals surface area contributed by atoms with E-state index in [2.05, 4.69) is 20.0 Å². The highest BCUT2D eigenvalue weighted by Crippen LogP contribution is 2.22. The van der Waals surface area contributed by atoms with Crippen molar-refractivity contribution in [2.75, 3.05) is 6.54 Å². The molecule has 2 N–H and O–H groups in total. The molecule has 0 radical (unpaired) electrons. The van der Waals surface area contributed by atoms with Crippen LogP contribution in [0, 0.1) is 6.92 Å². The molecule has 0 aliphatic heterocycles. The minimum Gasteiger partial charge on any atom is -0.349 e. The molecular formula is C18H18N4O3S2. The summed E-state index contributed by atoms with van der Waals surface area (Å²) in [5.74, 6) is -0.451. The number of benzene rings is 1. The van der Waals surface area contributed by atoms with Crippen LogP contribution in [0.4, 0.5) is 0 Å². The number of carbonyl (C=O) groups excluding carboxylic acids is 1. The number of sulfonamides is 1. The van der Waals surface area contributed by atoms with Gasteiger partial charge in [0, 0.05) is 23.3 Å². The molecule has 0 saturated heterocycles. The molecule has 0 aliphatic rings. The zero-order valence-electron chi connectivity index (χ0n) is 14.5. The van der Waals surface area contributed by atoms with Gasteiger partial charge in [-0.2, -0.15) is 11.3 Å². The van der Waals surface area contributed by atoms with Crippen molar-refractivity contribution in [3.8, 4) is 11.3 Å². The number of aromatic nitrogens is 2. The van der Waals surface area contributed by atoms with Gasteiger partial charge >= 0.3 is 0 Å². The molecule has 0 bridgehead atoms. The quantitative estimate of drug-likeness (QED) is 0.630. The van der Waals surface area contributed by atoms with E-state index >= 15 is 0 Å². The Balaban J connectivity index is 1.60. The highest BCUT2D eigenvalue weighted by molar-refractivity contribution is 7.89. The Morgan fingerprint density at radius 1 is 1.19 bits per heavy atom. The Morgan fingerprint density at radius 3 is 2.74 bits per heavy atom. The van der Waals surface area contributed by atoms with E-state index in [1.807, 2.05) is 16.8 Å². The van der Waals surface area contributed by atoms with Crippen LogP contribution >= 0.6 is 11.3 Å². The molecule has 3 aromatic rings. The Morgan fingerprint density at radius 2 is 2.00 bits per heavy atom. The summed E-state index contributed by atoms with van der Waals surface area (Å²) in [6.45, 7) is 1.60. The fourth-order valence-corrected chi connectivity index (χ4v) is 4.13. The number of aryl methyl sites for hydroxylation is 1. The zero-order chi connectivity index (χ0) is 19.3. The van der Waals surface area contributed by atoms with Gasteiger partial charge in [0.2, 0.25) is 15.9 Å². The van der Waals surface area contributed by atoms with Gasteiger partial charge in [-0.15, -0.1) is 0 Å². The Kier molecular flexibility index (Phi) is 5.94. The van der Waals surface area contributed by atoms with Gasteiger partial charge in [-0.1, -0.05) is 12.1 Å². The first kappa shape index (κ1) is 19.2. The van der Waals surface area contributed by atoms with Gasteiger partial charge in [0.15, 0.2) is 0 Å². The molecule has 1 aromatic carbocycles. The lowest BCUT2D eigenvalue weighted by molar-refractivity contribution is -0.120. The molecule has 27 heavy (non-hydrogen) atoms. The maximum absolute atomic E-state index is 12.3. The number of thiophene rings is 1. The second-order valence-electron chi connectivity index (χ2n) is 5.78. The maximum Gasteiger partial charge on any atom is 0.241 e. The predicted octanol–water partition coefficient (Wildman–Crippen LogP) is 2.11. The van der Waals surface area contributed by atoms with Crippen LogP contribution in [0.25, 0.3) is 11.3 Å². The number of carbonyl (C=O) groups is 1. The largest absolute Gasteiger partial charge is 0.349 e. The molecule has 0 aliphatic carbocycles. The molecule has 1 amide bonds. The molecule has 0 fully saturated rings. The van der Waals surface area contributed by atoms with Gasteiger partial charge < -0.3 is 5.32 Å². The van der Waals surface area contributed by atoms with E-state index in [1.54, 1.807) is 48.9 Å². The zero-order valence-corrected chi connectivity index (χ0v) is 16.2. The highest BCUT2D eigenvalue weighted by atomic mass is 32.2. The van der Waals surface area contributed by atoms with Crippen molar-refractivity contribution in [2.24, 2.45) is 0 Å². The van der Waals surface area contributed by atoms with Crippen LogP contribution in [0.2, 0.25) is 0 Å². The minimum atomic E-state index is -3.74. The molecule has 7 nitrogen and oxygen atoms in total. The van der Waals surface area contributed by atoms with Crippen LogP contribution in [-0.2, 0) is 21.4 Å². The molecule has 0 unspecified atom stereocenters. The molecule has 0 spiro atoms. The third kappa shape index (κ3) is 4.97. The molecule has 2 heterocycles. The SMILES string of the molecule is Cc1cccc(S(=O)(=O)NCC(=O)NCc2nccnc2-c2ccsc2)c1. The molecule has 9 heteroatoms.